The van der Waals surface area contributed by atoms with E-state index in [4.69, 9.17) is 0 Å². The van der Waals surface area contributed by atoms with Crippen LogP contribution in [0.4, 0.5) is 4.39 Å². The molecule has 0 spiro atoms. The maximum atomic E-state index is 14.0. The van der Waals surface area contributed by atoms with Crippen molar-refractivity contribution in [1.82, 2.24) is 18.3 Å². The molecule has 1 aliphatic rings. The number of halogens is 1. The van der Waals surface area contributed by atoms with Crippen molar-refractivity contribution in [3.63, 3.8) is 0 Å². The highest BCUT2D eigenvalue weighted by atomic mass is 32.2. The number of imidazole rings is 1. The Bertz CT molecular complexity index is 1290. The van der Waals surface area contributed by atoms with Crippen molar-refractivity contribution in [1.29, 1.82) is 0 Å². The van der Waals surface area contributed by atoms with Gasteiger partial charge in [-0.25, -0.2) is 17.6 Å². The van der Waals surface area contributed by atoms with Crippen LogP contribution in [0.1, 0.15) is 6.42 Å². The number of carbonyl (C=O) groups is 1. The number of piperazine rings is 1. The lowest BCUT2D eigenvalue weighted by Crippen LogP contribution is -2.50. The Morgan fingerprint density at radius 2 is 1.58 bits per heavy atom. The summed E-state index contributed by atoms with van der Waals surface area (Å²) >= 11 is 0. The number of amides is 1. The molecule has 0 radical (unpaired) electrons. The molecule has 0 saturated carbocycles. The minimum absolute atomic E-state index is 0.0939. The summed E-state index contributed by atoms with van der Waals surface area (Å²) in [6.07, 6.45) is 0.133. The highest BCUT2D eigenvalue weighted by Crippen LogP contribution is 2.20. The van der Waals surface area contributed by atoms with Crippen molar-refractivity contribution in [3.8, 4) is 0 Å². The van der Waals surface area contributed by atoms with Gasteiger partial charge in [-0.3, -0.25) is 13.9 Å². The SMILES string of the molecule is Cn1c(=O)n(CCC(=O)N2CCN(S(=O)(=O)c3ccccc3F)CC2)c2ccccc21. The van der Waals surface area contributed by atoms with Gasteiger partial charge < -0.3 is 4.90 Å². The van der Waals surface area contributed by atoms with Crippen molar-refractivity contribution in [2.75, 3.05) is 26.2 Å². The van der Waals surface area contributed by atoms with E-state index in [1.807, 2.05) is 24.3 Å². The van der Waals surface area contributed by atoms with Crippen molar-refractivity contribution in [3.05, 3.63) is 64.8 Å². The number of benzene rings is 2. The molecule has 1 fully saturated rings. The van der Waals surface area contributed by atoms with Gasteiger partial charge in [0.2, 0.25) is 15.9 Å². The zero-order valence-electron chi connectivity index (χ0n) is 17.1. The van der Waals surface area contributed by atoms with Gasteiger partial charge in [0.15, 0.2) is 0 Å². The number of nitrogens with zero attached hydrogens (tertiary/aromatic N) is 4. The summed E-state index contributed by atoms with van der Waals surface area (Å²) < 4.78 is 43.7. The Kier molecular flexibility index (Phi) is 5.67. The van der Waals surface area contributed by atoms with Gasteiger partial charge >= 0.3 is 5.69 Å². The van der Waals surface area contributed by atoms with E-state index in [0.717, 1.165) is 17.1 Å². The van der Waals surface area contributed by atoms with Crippen LogP contribution in [0.15, 0.2) is 58.2 Å². The number of carbonyl (C=O) groups excluding carboxylic acids is 1. The van der Waals surface area contributed by atoms with Crippen LogP contribution in [-0.4, -0.2) is 58.8 Å². The molecular weight excluding hydrogens is 423 g/mol. The predicted octanol–water partition coefficient (Wildman–Crippen LogP) is 1.40. The van der Waals surface area contributed by atoms with E-state index in [1.165, 1.54) is 22.5 Å². The van der Waals surface area contributed by atoms with Crippen LogP contribution in [0.25, 0.3) is 11.0 Å². The van der Waals surface area contributed by atoms with Crippen LogP contribution >= 0.6 is 0 Å². The van der Waals surface area contributed by atoms with E-state index in [0.29, 0.717) is 0 Å². The zero-order valence-corrected chi connectivity index (χ0v) is 17.9. The standard InChI is InChI=1S/C21H23FN4O4S/c1-23-17-7-3-4-8-18(17)26(21(23)28)11-10-20(27)24-12-14-25(15-13-24)31(29,30)19-9-5-2-6-16(19)22/h2-9H,10-15H2,1H3. The summed E-state index contributed by atoms with van der Waals surface area (Å²) in [4.78, 5) is 26.4. The second-order valence-electron chi connectivity index (χ2n) is 7.45. The van der Waals surface area contributed by atoms with Gasteiger partial charge in [0.1, 0.15) is 10.7 Å². The van der Waals surface area contributed by atoms with Crippen LogP contribution in [0.5, 0.6) is 0 Å². The predicted molar refractivity (Wildman–Crippen MR) is 114 cm³/mol. The lowest BCUT2D eigenvalue weighted by molar-refractivity contribution is -0.132. The van der Waals surface area contributed by atoms with Crippen molar-refractivity contribution in [2.24, 2.45) is 7.05 Å². The third-order valence-electron chi connectivity index (χ3n) is 5.65. The topological polar surface area (TPSA) is 84.6 Å². The average molecular weight is 447 g/mol. The third-order valence-corrected chi connectivity index (χ3v) is 7.58. The van der Waals surface area contributed by atoms with Crippen LogP contribution in [0, 0.1) is 5.82 Å². The number of hydrogen-bond acceptors (Lipinski definition) is 4. The minimum atomic E-state index is -3.95. The van der Waals surface area contributed by atoms with Gasteiger partial charge in [-0.1, -0.05) is 24.3 Å². The molecule has 1 amide bonds. The molecule has 0 N–H and O–H groups in total. The monoisotopic (exact) mass is 446 g/mol. The van der Waals surface area contributed by atoms with Gasteiger partial charge in [0, 0.05) is 46.2 Å². The van der Waals surface area contributed by atoms with Gasteiger partial charge in [-0.2, -0.15) is 4.31 Å². The van der Waals surface area contributed by atoms with E-state index in [1.54, 1.807) is 21.1 Å². The van der Waals surface area contributed by atoms with E-state index in [-0.39, 0.29) is 55.6 Å². The molecule has 2 heterocycles. The zero-order chi connectivity index (χ0) is 22.2. The first-order valence-corrected chi connectivity index (χ1v) is 11.4. The number of rotatable bonds is 5. The molecular formula is C21H23FN4O4S. The third kappa shape index (κ3) is 3.88. The maximum Gasteiger partial charge on any atom is 0.328 e. The Morgan fingerprint density at radius 1 is 0.968 bits per heavy atom. The smallest absolute Gasteiger partial charge is 0.328 e. The van der Waals surface area contributed by atoms with Gasteiger partial charge in [0.25, 0.3) is 0 Å². The first-order valence-electron chi connectivity index (χ1n) is 9.97. The Morgan fingerprint density at radius 3 is 2.26 bits per heavy atom. The van der Waals surface area contributed by atoms with E-state index >= 15 is 0 Å². The molecule has 10 heteroatoms. The van der Waals surface area contributed by atoms with E-state index in [9.17, 15) is 22.4 Å². The molecule has 1 saturated heterocycles. The number of para-hydroxylation sites is 2. The van der Waals surface area contributed by atoms with Crippen LogP contribution < -0.4 is 5.69 Å². The lowest BCUT2D eigenvalue weighted by atomic mass is 10.3. The first kappa shape index (κ1) is 21.3. The second kappa shape index (κ2) is 8.27. The van der Waals surface area contributed by atoms with E-state index in [2.05, 4.69) is 0 Å². The molecule has 3 aromatic rings. The fraction of sp³-hybridized carbons (Fsp3) is 0.333. The van der Waals surface area contributed by atoms with Gasteiger partial charge in [0.05, 0.1) is 11.0 Å². The van der Waals surface area contributed by atoms with Crippen molar-refractivity contribution in [2.45, 2.75) is 17.9 Å². The van der Waals surface area contributed by atoms with E-state index < -0.39 is 15.8 Å². The molecule has 0 unspecified atom stereocenters. The number of hydrogen-bond donors (Lipinski definition) is 0. The summed E-state index contributed by atoms with van der Waals surface area (Å²) in [5, 5.41) is 0. The fourth-order valence-corrected chi connectivity index (χ4v) is 5.40. The Hall–Kier alpha value is -2.98. The number of sulfonamides is 1. The summed E-state index contributed by atoms with van der Waals surface area (Å²) in [5.41, 5.74) is 1.38. The number of fused-ring (bicyclic) bond motifs is 1. The quantitative estimate of drug-likeness (QED) is 0.593. The normalized spacial score (nSPS) is 15.5. The highest BCUT2D eigenvalue weighted by Gasteiger charge is 2.31. The summed E-state index contributed by atoms with van der Waals surface area (Å²) in [6, 6.07) is 12.7. The highest BCUT2D eigenvalue weighted by molar-refractivity contribution is 7.89. The van der Waals surface area contributed by atoms with Gasteiger partial charge in [-0.15, -0.1) is 0 Å². The van der Waals surface area contributed by atoms with Crippen LogP contribution in [0.2, 0.25) is 0 Å². The van der Waals surface area contributed by atoms with Crippen molar-refractivity contribution < 1.29 is 17.6 Å². The molecule has 1 aliphatic heterocycles. The average Bonchev–Trinajstić information content (AvgIpc) is 3.02. The summed E-state index contributed by atoms with van der Waals surface area (Å²) in [5.74, 6) is -0.940. The molecule has 8 nitrogen and oxygen atoms in total. The molecule has 164 valence electrons. The van der Waals surface area contributed by atoms with Crippen LogP contribution in [-0.2, 0) is 28.4 Å². The summed E-state index contributed by atoms with van der Waals surface area (Å²) in [6.45, 7) is 0.869. The second-order valence-corrected chi connectivity index (χ2v) is 9.35. The molecule has 2 aromatic carbocycles. The summed E-state index contributed by atoms with van der Waals surface area (Å²) in [7, 11) is -2.26. The minimum Gasteiger partial charge on any atom is -0.340 e. The molecule has 31 heavy (non-hydrogen) atoms. The first-order chi connectivity index (χ1) is 14.8. The van der Waals surface area contributed by atoms with Crippen LogP contribution in [0.3, 0.4) is 0 Å². The molecule has 0 aliphatic carbocycles. The molecule has 1 aromatic heterocycles. The largest absolute Gasteiger partial charge is 0.340 e. The molecule has 0 bridgehead atoms. The van der Waals surface area contributed by atoms with Crippen molar-refractivity contribution >= 4 is 27.0 Å². The fourth-order valence-electron chi connectivity index (χ4n) is 3.92. The Balaban J connectivity index is 1.40. The number of aromatic nitrogens is 2. The molecule has 4 rings (SSSR count). The molecule has 0 atom stereocenters. The maximum absolute atomic E-state index is 14.0. The lowest BCUT2D eigenvalue weighted by Gasteiger charge is -2.34. The van der Waals surface area contributed by atoms with Gasteiger partial charge in [-0.05, 0) is 24.3 Å². The Labute approximate surface area is 179 Å². The number of aryl methyl sites for hydroxylation is 2.